The van der Waals surface area contributed by atoms with E-state index in [1.807, 2.05) is 35.9 Å². The fourth-order valence-electron chi connectivity index (χ4n) is 1.93. The van der Waals surface area contributed by atoms with Gasteiger partial charge in [-0.15, -0.1) is 0 Å². The van der Waals surface area contributed by atoms with E-state index in [1.54, 1.807) is 0 Å². The van der Waals surface area contributed by atoms with Gasteiger partial charge in [0.15, 0.2) is 11.5 Å². The minimum atomic E-state index is 0.287. The lowest BCUT2D eigenvalue weighted by molar-refractivity contribution is 0.174. The highest BCUT2D eigenvalue weighted by Gasteiger charge is 2.14. The molecule has 0 fully saturated rings. The van der Waals surface area contributed by atoms with Gasteiger partial charge in [0.25, 0.3) is 0 Å². The molecule has 0 unspecified atom stereocenters. The lowest BCUT2D eigenvalue weighted by Gasteiger charge is -2.05. The van der Waals surface area contributed by atoms with Crippen molar-refractivity contribution in [3.05, 3.63) is 35.9 Å². The standard InChI is InChI=1S/C12H13N3O2/c1-8-14-9(5-13)6-15(8)10-2-3-11-12(4-10)17-7-16-11/h2-4,6H,5,7,13H2,1H3. The van der Waals surface area contributed by atoms with Crippen LogP contribution in [0, 0.1) is 6.92 Å². The first-order chi connectivity index (χ1) is 8.28. The van der Waals surface area contributed by atoms with E-state index >= 15 is 0 Å². The largest absolute Gasteiger partial charge is 0.454 e. The minimum Gasteiger partial charge on any atom is -0.454 e. The van der Waals surface area contributed by atoms with E-state index in [1.165, 1.54) is 0 Å². The lowest BCUT2D eigenvalue weighted by atomic mass is 10.2. The van der Waals surface area contributed by atoms with Gasteiger partial charge in [-0.3, -0.25) is 0 Å². The number of hydrogen-bond donors (Lipinski definition) is 1. The predicted molar refractivity (Wildman–Crippen MR) is 62.3 cm³/mol. The van der Waals surface area contributed by atoms with Gasteiger partial charge in [0.1, 0.15) is 5.82 Å². The van der Waals surface area contributed by atoms with Crippen LogP contribution in [0.5, 0.6) is 11.5 Å². The SMILES string of the molecule is Cc1nc(CN)cn1-c1ccc2c(c1)OCO2. The molecule has 2 aromatic rings. The van der Waals surface area contributed by atoms with E-state index in [4.69, 9.17) is 15.2 Å². The summed E-state index contributed by atoms with van der Waals surface area (Å²) in [4.78, 5) is 4.36. The Balaban J connectivity index is 2.06. The Labute approximate surface area is 98.8 Å². The first-order valence-electron chi connectivity index (χ1n) is 5.43. The Morgan fingerprint density at radius 1 is 1.35 bits per heavy atom. The van der Waals surface area contributed by atoms with Crippen molar-refractivity contribution in [2.75, 3.05) is 6.79 Å². The van der Waals surface area contributed by atoms with Crippen LogP contribution in [0.2, 0.25) is 0 Å². The normalized spacial score (nSPS) is 13.1. The molecule has 0 saturated heterocycles. The van der Waals surface area contributed by atoms with Crippen molar-refractivity contribution in [3.8, 4) is 17.2 Å². The number of aryl methyl sites for hydroxylation is 1. The van der Waals surface area contributed by atoms with E-state index in [0.717, 1.165) is 28.7 Å². The van der Waals surface area contributed by atoms with Crippen LogP contribution in [0.15, 0.2) is 24.4 Å². The molecule has 5 heteroatoms. The van der Waals surface area contributed by atoms with Crippen molar-refractivity contribution in [2.24, 2.45) is 5.73 Å². The molecule has 2 N–H and O–H groups in total. The van der Waals surface area contributed by atoms with Gasteiger partial charge < -0.3 is 19.8 Å². The maximum absolute atomic E-state index is 5.58. The fourth-order valence-corrected chi connectivity index (χ4v) is 1.93. The zero-order valence-electron chi connectivity index (χ0n) is 9.51. The molecular weight excluding hydrogens is 218 g/mol. The summed E-state index contributed by atoms with van der Waals surface area (Å²) in [6.07, 6.45) is 1.94. The zero-order valence-corrected chi connectivity index (χ0v) is 9.51. The molecule has 0 atom stereocenters. The van der Waals surface area contributed by atoms with E-state index < -0.39 is 0 Å². The highest BCUT2D eigenvalue weighted by molar-refractivity contribution is 5.50. The molecule has 1 aliphatic heterocycles. The monoisotopic (exact) mass is 231 g/mol. The van der Waals surface area contributed by atoms with Crippen molar-refractivity contribution in [3.63, 3.8) is 0 Å². The summed E-state index contributed by atoms with van der Waals surface area (Å²) in [7, 11) is 0. The van der Waals surface area contributed by atoms with Gasteiger partial charge in [-0.05, 0) is 19.1 Å². The van der Waals surface area contributed by atoms with Crippen molar-refractivity contribution in [1.82, 2.24) is 9.55 Å². The zero-order chi connectivity index (χ0) is 11.8. The van der Waals surface area contributed by atoms with E-state index in [0.29, 0.717) is 6.54 Å². The van der Waals surface area contributed by atoms with Gasteiger partial charge in [0, 0.05) is 18.8 Å². The number of hydrogen-bond acceptors (Lipinski definition) is 4. The topological polar surface area (TPSA) is 62.3 Å². The van der Waals surface area contributed by atoms with Gasteiger partial charge >= 0.3 is 0 Å². The van der Waals surface area contributed by atoms with Crippen LogP contribution in [0.4, 0.5) is 0 Å². The smallest absolute Gasteiger partial charge is 0.231 e. The predicted octanol–water partition coefficient (Wildman–Crippen LogP) is 1.37. The summed E-state index contributed by atoms with van der Waals surface area (Å²) in [6, 6.07) is 5.82. The third-order valence-electron chi connectivity index (χ3n) is 2.78. The van der Waals surface area contributed by atoms with Crippen molar-refractivity contribution < 1.29 is 9.47 Å². The van der Waals surface area contributed by atoms with Crippen molar-refractivity contribution in [2.45, 2.75) is 13.5 Å². The average Bonchev–Trinajstić information content (AvgIpc) is 2.93. The number of rotatable bonds is 2. The molecule has 1 aromatic heterocycles. The molecule has 0 amide bonds. The summed E-state index contributed by atoms with van der Waals surface area (Å²) in [5.41, 5.74) is 7.45. The quantitative estimate of drug-likeness (QED) is 0.847. The Kier molecular flexibility index (Phi) is 2.26. The van der Waals surface area contributed by atoms with Crippen molar-refractivity contribution >= 4 is 0 Å². The molecule has 0 spiro atoms. The molecule has 17 heavy (non-hydrogen) atoms. The fraction of sp³-hybridized carbons (Fsp3) is 0.250. The summed E-state index contributed by atoms with van der Waals surface area (Å²) in [5.74, 6) is 2.46. The molecule has 3 rings (SSSR count). The molecule has 0 bridgehead atoms. The molecule has 2 heterocycles. The first kappa shape index (κ1) is 10.2. The first-order valence-corrected chi connectivity index (χ1v) is 5.43. The molecular formula is C12H13N3O2. The summed E-state index contributed by atoms with van der Waals surface area (Å²) >= 11 is 0. The molecule has 0 radical (unpaired) electrons. The number of nitrogens with zero attached hydrogens (tertiary/aromatic N) is 2. The molecule has 88 valence electrons. The molecule has 0 aliphatic carbocycles. The number of ether oxygens (including phenoxy) is 2. The summed E-state index contributed by atoms with van der Waals surface area (Å²) in [6.45, 7) is 2.68. The Bertz CT molecular complexity index is 563. The summed E-state index contributed by atoms with van der Waals surface area (Å²) in [5, 5.41) is 0. The minimum absolute atomic E-state index is 0.287. The van der Waals surface area contributed by atoms with Crippen LogP contribution in [0.25, 0.3) is 5.69 Å². The van der Waals surface area contributed by atoms with E-state index in [9.17, 15) is 0 Å². The Morgan fingerprint density at radius 2 is 2.18 bits per heavy atom. The second-order valence-electron chi connectivity index (χ2n) is 3.89. The van der Waals surface area contributed by atoms with E-state index in [-0.39, 0.29) is 6.79 Å². The Morgan fingerprint density at radius 3 is 2.94 bits per heavy atom. The van der Waals surface area contributed by atoms with Gasteiger partial charge in [-0.1, -0.05) is 0 Å². The van der Waals surface area contributed by atoms with Crippen LogP contribution in [-0.4, -0.2) is 16.3 Å². The number of nitrogens with two attached hydrogens (primary N) is 1. The second-order valence-corrected chi connectivity index (χ2v) is 3.89. The maximum Gasteiger partial charge on any atom is 0.231 e. The second kappa shape index (κ2) is 3.78. The molecule has 5 nitrogen and oxygen atoms in total. The van der Waals surface area contributed by atoms with Crippen LogP contribution in [0.1, 0.15) is 11.5 Å². The van der Waals surface area contributed by atoms with Gasteiger partial charge in [-0.25, -0.2) is 4.98 Å². The number of fused-ring (bicyclic) bond motifs is 1. The summed E-state index contributed by atoms with van der Waals surface area (Å²) < 4.78 is 12.6. The number of benzene rings is 1. The molecule has 1 aliphatic rings. The van der Waals surface area contributed by atoms with Crippen LogP contribution in [0.3, 0.4) is 0 Å². The lowest BCUT2D eigenvalue weighted by Crippen LogP contribution is -1.96. The van der Waals surface area contributed by atoms with Gasteiger partial charge in [0.2, 0.25) is 6.79 Å². The molecule has 1 aromatic carbocycles. The average molecular weight is 231 g/mol. The van der Waals surface area contributed by atoms with Crippen LogP contribution >= 0.6 is 0 Å². The Hall–Kier alpha value is -2.01. The number of imidazole rings is 1. The highest BCUT2D eigenvalue weighted by atomic mass is 16.7. The third-order valence-corrected chi connectivity index (χ3v) is 2.78. The number of aromatic nitrogens is 2. The van der Waals surface area contributed by atoms with Gasteiger partial charge in [-0.2, -0.15) is 0 Å². The highest BCUT2D eigenvalue weighted by Crippen LogP contribution is 2.33. The van der Waals surface area contributed by atoms with Crippen molar-refractivity contribution in [1.29, 1.82) is 0 Å². The van der Waals surface area contributed by atoms with E-state index in [2.05, 4.69) is 4.98 Å². The van der Waals surface area contributed by atoms with Crippen LogP contribution in [-0.2, 0) is 6.54 Å². The molecule has 0 saturated carbocycles. The van der Waals surface area contributed by atoms with Gasteiger partial charge in [0.05, 0.1) is 11.4 Å². The van der Waals surface area contributed by atoms with Crippen LogP contribution < -0.4 is 15.2 Å². The third kappa shape index (κ3) is 1.64. The maximum atomic E-state index is 5.58.